The molecule has 0 saturated heterocycles. The fraction of sp³-hybridized carbons (Fsp3) is 0.550. The molecule has 2 aliphatic rings. The predicted molar refractivity (Wildman–Crippen MR) is 94.3 cm³/mol. The minimum atomic E-state index is 0.613. The molecular formula is C20H27N3. The monoisotopic (exact) mass is 309 g/mol. The number of hydrogen-bond acceptors (Lipinski definition) is 2. The first kappa shape index (κ1) is 14.9. The Morgan fingerprint density at radius 2 is 1.87 bits per heavy atom. The second kappa shape index (κ2) is 6.88. The fourth-order valence-electron chi connectivity index (χ4n) is 4.08. The van der Waals surface area contributed by atoms with Gasteiger partial charge in [-0.05, 0) is 31.7 Å². The van der Waals surface area contributed by atoms with Crippen LogP contribution in [0, 0.1) is 5.92 Å². The third kappa shape index (κ3) is 3.50. The number of benzene rings is 1. The number of hydrogen-bond donors (Lipinski definition) is 1. The molecule has 1 aliphatic heterocycles. The standard InChI is InChI=1S/C20H27N3/c1-3-7-16(8-4-1)13-21-18-11-12-20-22-19(15-23(20)14-18)17-9-5-2-6-10-17/h2,5-6,9-10,15-16,18,21H,1,3-4,7-8,11-14H2. The molecule has 1 atom stereocenters. The van der Waals surface area contributed by atoms with E-state index in [1.165, 1.54) is 56.5 Å². The predicted octanol–water partition coefficient (Wildman–Crippen LogP) is 4.03. The van der Waals surface area contributed by atoms with Crippen LogP contribution in [0.1, 0.15) is 44.3 Å². The molecule has 23 heavy (non-hydrogen) atoms. The van der Waals surface area contributed by atoms with Crippen LogP contribution in [0.2, 0.25) is 0 Å². The van der Waals surface area contributed by atoms with Gasteiger partial charge in [0, 0.05) is 30.8 Å². The smallest absolute Gasteiger partial charge is 0.109 e. The van der Waals surface area contributed by atoms with Crippen molar-refractivity contribution in [3.8, 4) is 11.3 Å². The van der Waals surface area contributed by atoms with Crippen LogP contribution < -0.4 is 5.32 Å². The minimum Gasteiger partial charge on any atom is -0.333 e. The van der Waals surface area contributed by atoms with E-state index in [0.29, 0.717) is 6.04 Å². The number of aryl methyl sites for hydroxylation is 1. The summed E-state index contributed by atoms with van der Waals surface area (Å²) < 4.78 is 2.37. The molecule has 0 amide bonds. The highest BCUT2D eigenvalue weighted by Gasteiger charge is 2.22. The lowest BCUT2D eigenvalue weighted by Gasteiger charge is -2.28. The number of fused-ring (bicyclic) bond motifs is 1. The molecule has 1 N–H and O–H groups in total. The molecule has 2 heterocycles. The number of nitrogens with zero attached hydrogens (tertiary/aromatic N) is 2. The summed E-state index contributed by atoms with van der Waals surface area (Å²) in [6.07, 6.45) is 11.7. The molecule has 1 aliphatic carbocycles. The Balaban J connectivity index is 1.38. The van der Waals surface area contributed by atoms with Gasteiger partial charge in [0.2, 0.25) is 0 Å². The topological polar surface area (TPSA) is 29.9 Å². The first-order valence-corrected chi connectivity index (χ1v) is 9.23. The van der Waals surface area contributed by atoms with E-state index in [-0.39, 0.29) is 0 Å². The molecule has 3 heteroatoms. The van der Waals surface area contributed by atoms with Crippen molar-refractivity contribution in [1.29, 1.82) is 0 Å². The van der Waals surface area contributed by atoms with Crippen molar-refractivity contribution in [1.82, 2.24) is 14.9 Å². The van der Waals surface area contributed by atoms with Gasteiger partial charge < -0.3 is 9.88 Å². The molecule has 2 aromatic rings. The minimum absolute atomic E-state index is 0.613. The molecule has 0 radical (unpaired) electrons. The van der Waals surface area contributed by atoms with Crippen LogP contribution in [0.5, 0.6) is 0 Å². The third-order valence-electron chi connectivity index (χ3n) is 5.48. The summed E-state index contributed by atoms with van der Waals surface area (Å²) in [5.41, 5.74) is 2.34. The Morgan fingerprint density at radius 1 is 1.04 bits per heavy atom. The Bertz CT molecular complexity index is 626. The summed E-state index contributed by atoms with van der Waals surface area (Å²) in [5, 5.41) is 3.83. The van der Waals surface area contributed by atoms with Crippen LogP contribution in [0.25, 0.3) is 11.3 Å². The summed E-state index contributed by atoms with van der Waals surface area (Å²) in [6.45, 7) is 2.28. The zero-order valence-corrected chi connectivity index (χ0v) is 13.9. The lowest BCUT2D eigenvalue weighted by molar-refractivity contribution is 0.301. The highest BCUT2D eigenvalue weighted by Crippen LogP contribution is 2.25. The zero-order valence-electron chi connectivity index (χ0n) is 13.9. The maximum Gasteiger partial charge on any atom is 0.109 e. The van der Waals surface area contributed by atoms with E-state index in [0.717, 1.165) is 24.6 Å². The van der Waals surface area contributed by atoms with Gasteiger partial charge in [-0.2, -0.15) is 0 Å². The summed E-state index contributed by atoms with van der Waals surface area (Å²) in [7, 11) is 0. The third-order valence-corrected chi connectivity index (χ3v) is 5.48. The normalized spacial score (nSPS) is 22.0. The summed E-state index contributed by atoms with van der Waals surface area (Å²) in [6, 6.07) is 11.1. The van der Waals surface area contributed by atoms with Crippen molar-refractivity contribution >= 4 is 0 Å². The van der Waals surface area contributed by atoms with E-state index in [9.17, 15) is 0 Å². The number of nitrogens with one attached hydrogen (secondary N) is 1. The molecule has 1 aromatic heterocycles. The zero-order chi connectivity index (χ0) is 15.5. The Morgan fingerprint density at radius 3 is 2.70 bits per heavy atom. The van der Waals surface area contributed by atoms with E-state index in [1.54, 1.807) is 0 Å². The lowest BCUT2D eigenvalue weighted by atomic mass is 9.89. The maximum atomic E-state index is 4.84. The highest BCUT2D eigenvalue weighted by atomic mass is 15.1. The van der Waals surface area contributed by atoms with E-state index in [4.69, 9.17) is 4.98 Å². The Kier molecular flexibility index (Phi) is 4.47. The summed E-state index contributed by atoms with van der Waals surface area (Å²) in [4.78, 5) is 4.84. The van der Waals surface area contributed by atoms with Crippen molar-refractivity contribution in [3.05, 3.63) is 42.4 Å². The van der Waals surface area contributed by atoms with Gasteiger partial charge in [-0.1, -0.05) is 49.6 Å². The van der Waals surface area contributed by atoms with Crippen LogP contribution in [0.3, 0.4) is 0 Å². The molecule has 1 aromatic carbocycles. The molecule has 122 valence electrons. The molecule has 3 nitrogen and oxygen atoms in total. The Labute approximate surface area is 139 Å². The van der Waals surface area contributed by atoms with Gasteiger partial charge in [0.05, 0.1) is 5.69 Å². The molecule has 1 saturated carbocycles. The van der Waals surface area contributed by atoms with Crippen molar-refractivity contribution in [3.63, 3.8) is 0 Å². The molecule has 4 rings (SSSR count). The second-order valence-electron chi connectivity index (χ2n) is 7.21. The van der Waals surface area contributed by atoms with Gasteiger partial charge in [-0.3, -0.25) is 0 Å². The van der Waals surface area contributed by atoms with Crippen LogP contribution in [-0.2, 0) is 13.0 Å². The SMILES string of the molecule is c1ccc(-c2cn3c(n2)CCC(NCC2CCCCC2)C3)cc1. The van der Waals surface area contributed by atoms with Crippen molar-refractivity contribution in [2.75, 3.05) is 6.54 Å². The average molecular weight is 309 g/mol. The quantitative estimate of drug-likeness (QED) is 0.924. The van der Waals surface area contributed by atoms with Crippen molar-refractivity contribution in [2.45, 2.75) is 57.5 Å². The maximum absolute atomic E-state index is 4.84. The van der Waals surface area contributed by atoms with Gasteiger partial charge >= 0.3 is 0 Å². The summed E-state index contributed by atoms with van der Waals surface area (Å²) in [5.74, 6) is 2.16. The molecule has 1 unspecified atom stereocenters. The fourth-order valence-corrected chi connectivity index (χ4v) is 4.08. The van der Waals surface area contributed by atoms with E-state index in [2.05, 4.69) is 46.4 Å². The van der Waals surface area contributed by atoms with Gasteiger partial charge in [-0.25, -0.2) is 4.98 Å². The van der Waals surface area contributed by atoms with Crippen molar-refractivity contribution < 1.29 is 0 Å². The first-order chi connectivity index (χ1) is 11.4. The number of imidazole rings is 1. The highest BCUT2D eigenvalue weighted by molar-refractivity contribution is 5.58. The molecule has 1 fully saturated rings. The largest absolute Gasteiger partial charge is 0.333 e. The van der Waals surface area contributed by atoms with E-state index >= 15 is 0 Å². The van der Waals surface area contributed by atoms with Gasteiger partial charge in [0.1, 0.15) is 5.82 Å². The molecule has 0 bridgehead atoms. The van der Waals surface area contributed by atoms with Gasteiger partial charge in [-0.15, -0.1) is 0 Å². The van der Waals surface area contributed by atoms with Gasteiger partial charge in [0.25, 0.3) is 0 Å². The van der Waals surface area contributed by atoms with Crippen LogP contribution in [-0.4, -0.2) is 22.1 Å². The van der Waals surface area contributed by atoms with Crippen molar-refractivity contribution in [2.24, 2.45) is 5.92 Å². The second-order valence-corrected chi connectivity index (χ2v) is 7.21. The molecular weight excluding hydrogens is 282 g/mol. The van der Waals surface area contributed by atoms with Crippen LogP contribution in [0.15, 0.2) is 36.5 Å². The summed E-state index contributed by atoms with van der Waals surface area (Å²) >= 11 is 0. The number of rotatable bonds is 4. The average Bonchev–Trinajstić information content (AvgIpc) is 3.05. The molecule has 0 spiro atoms. The first-order valence-electron chi connectivity index (χ1n) is 9.23. The number of aromatic nitrogens is 2. The van der Waals surface area contributed by atoms with E-state index < -0.39 is 0 Å². The van der Waals surface area contributed by atoms with E-state index in [1.807, 2.05) is 0 Å². The van der Waals surface area contributed by atoms with Crippen LogP contribution >= 0.6 is 0 Å². The van der Waals surface area contributed by atoms with Gasteiger partial charge in [0.15, 0.2) is 0 Å². The Hall–Kier alpha value is -1.61. The van der Waals surface area contributed by atoms with Crippen LogP contribution in [0.4, 0.5) is 0 Å². The lowest BCUT2D eigenvalue weighted by Crippen LogP contribution is -2.40.